The molecule has 346 valence electrons. The molecule has 0 fully saturated rings. The third-order valence-corrected chi connectivity index (χ3v) is 16.1. The molecular formula is C72H47NS. The molecular weight excluding hydrogens is 911 g/mol. The summed E-state index contributed by atoms with van der Waals surface area (Å²) in [7, 11) is 0. The number of anilines is 3. The molecule has 14 rings (SSSR count). The minimum Gasteiger partial charge on any atom is -0.310 e. The summed E-state index contributed by atoms with van der Waals surface area (Å²) >= 11 is 1.88. The van der Waals surface area contributed by atoms with Gasteiger partial charge in [0.1, 0.15) is 0 Å². The lowest BCUT2D eigenvalue weighted by molar-refractivity contribution is 1.28. The number of rotatable bonds is 9. The predicted octanol–water partition coefficient (Wildman–Crippen LogP) is 21.0. The first-order valence-electron chi connectivity index (χ1n) is 25.4. The highest BCUT2D eigenvalue weighted by molar-refractivity contribution is 7.26. The molecule has 0 saturated carbocycles. The summed E-state index contributed by atoms with van der Waals surface area (Å²) in [6.07, 6.45) is 0. The Labute approximate surface area is 435 Å². The van der Waals surface area contributed by atoms with E-state index in [1.54, 1.807) is 0 Å². The first-order valence-corrected chi connectivity index (χ1v) is 26.2. The molecule has 0 aliphatic carbocycles. The number of fused-ring (bicyclic) bond motifs is 7. The van der Waals surface area contributed by atoms with Crippen molar-refractivity contribution < 1.29 is 0 Å². The van der Waals surface area contributed by atoms with Gasteiger partial charge in [0.2, 0.25) is 0 Å². The van der Waals surface area contributed by atoms with Gasteiger partial charge < -0.3 is 4.90 Å². The van der Waals surface area contributed by atoms with Gasteiger partial charge in [-0.2, -0.15) is 0 Å². The quantitative estimate of drug-likeness (QED) is 0.130. The number of nitrogens with zero attached hydrogens (tertiary/aromatic N) is 1. The molecule has 2 heteroatoms. The molecule has 0 aliphatic rings. The average molecular weight is 958 g/mol. The molecule has 1 aromatic heterocycles. The highest BCUT2D eigenvalue weighted by Crippen LogP contribution is 2.47. The molecule has 0 atom stereocenters. The zero-order valence-corrected chi connectivity index (χ0v) is 41.3. The topological polar surface area (TPSA) is 3.24 Å². The fourth-order valence-electron chi connectivity index (χ4n) is 11.3. The van der Waals surface area contributed by atoms with Gasteiger partial charge in [-0.25, -0.2) is 0 Å². The molecule has 0 unspecified atom stereocenters. The summed E-state index contributed by atoms with van der Waals surface area (Å²) in [4.78, 5) is 2.40. The van der Waals surface area contributed by atoms with E-state index in [-0.39, 0.29) is 0 Å². The maximum Gasteiger partial charge on any atom is 0.0467 e. The van der Waals surface area contributed by atoms with Crippen molar-refractivity contribution in [2.45, 2.75) is 0 Å². The van der Waals surface area contributed by atoms with E-state index in [9.17, 15) is 0 Å². The van der Waals surface area contributed by atoms with Gasteiger partial charge in [-0.15, -0.1) is 11.3 Å². The van der Waals surface area contributed by atoms with Gasteiger partial charge in [-0.05, 0) is 148 Å². The van der Waals surface area contributed by atoms with Crippen LogP contribution in [0.15, 0.2) is 285 Å². The molecule has 1 heterocycles. The lowest BCUT2D eigenvalue weighted by atomic mass is 9.84. The van der Waals surface area contributed by atoms with E-state index in [0.717, 1.165) is 22.6 Å². The second-order valence-electron chi connectivity index (χ2n) is 19.2. The number of hydrogen-bond acceptors (Lipinski definition) is 2. The SMILES string of the molecule is c1ccc(-c2c(-c3ccccc3)c3cc(-c4cccc(N(c5ccc(-c6ccc(-c7cccc8ccccc78)cc6)cc5)c5ccc(-c6cccc7c6sc6ccccc67)cc5)c4)ccc3c3ccccc23)cc1. The Kier molecular flexibility index (Phi) is 10.8. The largest absolute Gasteiger partial charge is 0.310 e. The second-order valence-corrected chi connectivity index (χ2v) is 20.2. The maximum atomic E-state index is 2.42. The standard InChI is InChI=1S/C72H47NS/c1-3-17-53(18-4-1)70-66-27-10-9-25-63(66)64-45-40-56(47-68(64)71(70)54-19-5-2-6-20-54)55-22-13-23-59(46-55)73(58-43-38-52(39-44-58)62-29-15-30-67-65-26-11-12-31-69(65)74-72(62)67)57-41-36-49(37-42-57)48-32-34-51(35-33-48)61-28-14-21-50-16-7-8-24-60(50)61/h1-47H. The molecule has 13 aromatic carbocycles. The van der Waals surface area contributed by atoms with Crippen molar-refractivity contribution in [3.05, 3.63) is 285 Å². The number of thiophene rings is 1. The van der Waals surface area contributed by atoms with Crippen LogP contribution in [-0.2, 0) is 0 Å². The molecule has 0 aliphatic heterocycles. The highest BCUT2D eigenvalue weighted by atomic mass is 32.1. The zero-order valence-electron chi connectivity index (χ0n) is 40.5. The molecule has 0 bridgehead atoms. The molecule has 0 amide bonds. The van der Waals surface area contributed by atoms with Gasteiger partial charge in [0.25, 0.3) is 0 Å². The minimum atomic E-state index is 1.08. The summed E-state index contributed by atoms with van der Waals surface area (Å²) in [6.45, 7) is 0. The molecule has 0 radical (unpaired) electrons. The zero-order chi connectivity index (χ0) is 49.0. The van der Waals surface area contributed by atoms with E-state index >= 15 is 0 Å². The Morgan fingerprint density at radius 1 is 0.230 bits per heavy atom. The summed E-state index contributed by atoms with van der Waals surface area (Å²) in [5.41, 5.74) is 17.8. The van der Waals surface area contributed by atoms with Crippen LogP contribution >= 0.6 is 11.3 Å². The van der Waals surface area contributed by atoms with Crippen LogP contribution in [0.5, 0.6) is 0 Å². The summed E-state index contributed by atoms with van der Waals surface area (Å²) in [5, 5.41) is 10.1. The van der Waals surface area contributed by atoms with Crippen molar-refractivity contribution in [3.8, 4) is 66.8 Å². The van der Waals surface area contributed by atoms with Gasteiger partial charge >= 0.3 is 0 Å². The van der Waals surface area contributed by atoms with Crippen molar-refractivity contribution in [1.29, 1.82) is 0 Å². The molecule has 1 nitrogen and oxygen atoms in total. The third kappa shape index (κ3) is 7.63. The van der Waals surface area contributed by atoms with E-state index in [0.29, 0.717) is 0 Å². The fraction of sp³-hybridized carbons (Fsp3) is 0. The van der Waals surface area contributed by atoms with Gasteiger partial charge in [0.05, 0.1) is 0 Å². The monoisotopic (exact) mass is 957 g/mol. The Bertz CT molecular complexity index is 4380. The highest BCUT2D eigenvalue weighted by Gasteiger charge is 2.20. The molecule has 14 aromatic rings. The van der Waals surface area contributed by atoms with E-state index in [4.69, 9.17) is 0 Å². The molecule has 0 saturated heterocycles. The summed E-state index contributed by atoms with van der Waals surface area (Å²) in [6, 6.07) is 105. The summed E-state index contributed by atoms with van der Waals surface area (Å²) in [5.74, 6) is 0. The van der Waals surface area contributed by atoms with Crippen LogP contribution in [0.25, 0.3) is 119 Å². The number of benzene rings is 13. The third-order valence-electron chi connectivity index (χ3n) is 14.9. The van der Waals surface area contributed by atoms with Crippen LogP contribution in [0.3, 0.4) is 0 Å². The van der Waals surface area contributed by atoms with Crippen molar-refractivity contribution >= 4 is 80.9 Å². The van der Waals surface area contributed by atoms with Crippen LogP contribution in [0.1, 0.15) is 0 Å². The van der Waals surface area contributed by atoms with Crippen molar-refractivity contribution in [3.63, 3.8) is 0 Å². The van der Waals surface area contributed by atoms with Crippen LogP contribution in [0, 0.1) is 0 Å². The van der Waals surface area contributed by atoms with Gasteiger partial charge in [-0.3, -0.25) is 0 Å². The predicted molar refractivity (Wildman–Crippen MR) is 319 cm³/mol. The molecule has 74 heavy (non-hydrogen) atoms. The molecule has 0 N–H and O–H groups in total. The van der Waals surface area contributed by atoms with Gasteiger partial charge in [-0.1, -0.05) is 237 Å². The smallest absolute Gasteiger partial charge is 0.0467 e. The van der Waals surface area contributed by atoms with Crippen LogP contribution in [0.4, 0.5) is 17.1 Å². The van der Waals surface area contributed by atoms with Crippen molar-refractivity contribution in [1.82, 2.24) is 0 Å². The number of hydrogen-bond donors (Lipinski definition) is 0. The Morgan fingerprint density at radius 3 is 1.42 bits per heavy atom. The molecule has 0 spiro atoms. The lowest BCUT2D eigenvalue weighted by Crippen LogP contribution is -2.10. The van der Waals surface area contributed by atoms with Gasteiger partial charge in [0, 0.05) is 37.2 Å². The first kappa shape index (κ1) is 43.4. The van der Waals surface area contributed by atoms with E-state index in [1.165, 1.54) is 114 Å². The van der Waals surface area contributed by atoms with Crippen LogP contribution in [0.2, 0.25) is 0 Å². The van der Waals surface area contributed by atoms with E-state index < -0.39 is 0 Å². The Morgan fingerprint density at radius 2 is 0.689 bits per heavy atom. The van der Waals surface area contributed by atoms with E-state index in [2.05, 4.69) is 290 Å². The normalized spacial score (nSPS) is 11.5. The maximum absolute atomic E-state index is 2.42. The average Bonchev–Trinajstić information content (AvgIpc) is 3.88. The fourth-order valence-corrected chi connectivity index (χ4v) is 12.6. The first-order chi connectivity index (χ1) is 36.7. The Balaban J connectivity index is 0.885. The second kappa shape index (κ2) is 18.4. The van der Waals surface area contributed by atoms with Crippen LogP contribution in [-0.4, -0.2) is 0 Å². The van der Waals surface area contributed by atoms with Crippen LogP contribution < -0.4 is 4.90 Å². The minimum absolute atomic E-state index is 1.08. The van der Waals surface area contributed by atoms with Crippen molar-refractivity contribution in [2.75, 3.05) is 4.90 Å². The lowest BCUT2D eigenvalue weighted by Gasteiger charge is -2.26. The van der Waals surface area contributed by atoms with Gasteiger partial charge in [0.15, 0.2) is 0 Å². The van der Waals surface area contributed by atoms with Crippen molar-refractivity contribution in [2.24, 2.45) is 0 Å². The van der Waals surface area contributed by atoms with E-state index in [1.807, 2.05) is 11.3 Å². The summed E-state index contributed by atoms with van der Waals surface area (Å²) < 4.78 is 2.64. The Hall–Kier alpha value is -9.34.